The molecule has 1 aromatic rings. The van der Waals surface area contributed by atoms with Crippen molar-refractivity contribution >= 4 is 5.69 Å². The van der Waals surface area contributed by atoms with Crippen LogP contribution in [0.4, 0.5) is 5.69 Å². The first kappa shape index (κ1) is 14.0. The summed E-state index contributed by atoms with van der Waals surface area (Å²) < 4.78 is 5.04. The van der Waals surface area contributed by atoms with E-state index in [0.29, 0.717) is 12.3 Å². The van der Waals surface area contributed by atoms with Crippen molar-refractivity contribution in [2.24, 2.45) is 0 Å². The van der Waals surface area contributed by atoms with Gasteiger partial charge in [0.05, 0.1) is 18.1 Å². The van der Waals surface area contributed by atoms with E-state index in [1.807, 2.05) is 0 Å². The van der Waals surface area contributed by atoms with E-state index in [1.54, 1.807) is 19.1 Å². The largest absolute Gasteiger partial charge is 0.496 e. The fourth-order valence-corrected chi connectivity index (χ4v) is 1.48. The number of non-ortho nitro benzene ring substituents is 1. The van der Waals surface area contributed by atoms with Gasteiger partial charge in [-0.1, -0.05) is 0 Å². The van der Waals surface area contributed by atoms with Crippen molar-refractivity contribution in [2.75, 3.05) is 13.7 Å². The molecular formula is C13H16N2O3. The van der Waals surface area contributed by atoms with Gasteiger partial charge in [-0.05, 0) is 18.6 Å². The van der Waals surface area contributed by atoms with Gasteiger partial charge >= 0.3 is 0 Å². The second-order valence-corrected chi connectivity index (χ2v) is 3.65. The van der Waals surface area contributed by atoms with Crippen LogP contribution >= 0.6 is 0 Å². The van der Waals surface area contributed by atoms with Gasteiger partial charge in [-0.25, -0.2) is 0 Å². The summed E-state index contributed by atoms with van der Waals surface area (Å²) in [4.78, 5) is 10.3. The normalized spacial score (nSPS) is 9.44. The molecule has 0 bridgehead atoms. The molecule has 0 amide bonds. The van der Waals surface area contributed by atoms with Gasteiger partial charge in [0.1, 0.15) is 5.75 Å². The fourth-order valence-electron chi connectivity index (χ4n) is 1.48. The zero-order valence-corrected chi connectivity index (χ0v) is 10.5. The van der Waals surface area contributed by atoms with E-state index < -0.39 is 4.92 Å². The second-order valence-electron chi connectivity index (χ2n) is 3.65. The lowest BCUT2D eigenvalue weighted by molar-refractivity contribution is -0.385. The first-order valence-electron chi connectivity index (χ1n) is 5.60. The van der Waals surface area contributed by atoms with E-state index in [0.717, 1.165) is 18.5 Å². The molecule has 5 nitrogen and oxygen atoms in total. The first-order valence-corrected chi connectivity index (χ1v) is 5.60. The SMILES string of the molecule is CC#CCCNCc1cc(OC)cc([N+](=O)[O-])c1. The Hall–Kier alpha value is -2.06. The molecule has 96 valence electrons. The fraction of sp³-hybridized carbons (Fsp3) is 0.385. The molecule has 0 aromatic heterocycles. The minimum atomic E-state index is -0.422. The van der Waals surface area contributed by atoms with Crippen molar-refractivity contribution in [3.05, 3.63) is 33.9 Å². The summed E-state index contributed by atoms with van der Waals surface area (Å²) in [6.45, 7) is 3.11. The number of ether oxygens (including phenoxy) is 1. The van der Waals surface area contributed by atoms with Crippen molar-refractivity contribution in [3.63, 3.8) is 0 Å². The Balaban J connectivity index is 2.65. The summed E-state index contributed by atoms with van der Waals surface area (Å²) in [6, 6.07) is 4.73. The van der Waals surface area contributed by atoms with Crippen molar-refractivity contribution in [1.29, 1.82) is 0 Å². The Bertz CT molecular complexity index is 475. The van der Waals surface area contributed by atoms with Gasteiger partial charge in [-0.2, -0.15) is 0 Å². The van der Waals surface area contributed by atoms with Crippen LogP contribution < -0.4 is 10.1 Å². The van der Waals surface area contributed by atoms with E-state index in [1.165, 1.54) is 13.2 Å². The lowest BCUT2D eigenvalue weighted by Gasteiger charge is -2.06. The Morgan fingerprint density at radius 1 is 1.44 bits per heavy atom. The predicted octanol–water partition coefficient (Wildman–Crippen LogP) is 2.11. The number of rotatable bonds is 6. The Labute approximate surface area is 106 Å². The minimum Gasteiger partial charge on any atom is -0.496 e. The Kier molecular flexibility index (Phi) is 5.68. The third kappa shape index (κ3) is 4.44. The molecule has 0 heterocycles. The lowest BCUT2D eigenvalue weighted by atomic mass is 10.2. The highest BCUT2D eigenvalue weighted by Gasteiger charge is 2.09. The Morgan fingerprint density at radius 2 is 2.22 bits per heavy atom. The molecule has 0 atom stereocenters. The molecule has 0 saturated heterocycles. The van der Waals surface area contributed by atoms with Crippen LogP contribution in [0.2, 0.25) is 0 Å². The van der Waals surface area contributed by atoms with Crippen LogP contribution in [-0.4, -0.2) is 18.6 Å². The molecule has 0 fully saturated rings. The van der Waals surface area contributed by atoms with Crippen LogP contribution in [0.3, 0.4) is 0 Å². The highest BCUT2D eigenvalue weighted by atomic mass is 16.6. The quantitative estimate of drug-likeness (QED) is 0.362. The van der Waals surface area contributed by atoms with E-state index in [4.69, 9.17) is 4.74 Å². The van der Waals surface area contributed by atoms with Crippen LogP contribution in [0.5, 0.6) is 5.75 Å². The highest BCUT2D eigenvalue weighted by molar-refractivity contribution is 5.42. The van der Waals surface area contributed by atoms with E-state index in [2.05, 4.69) is 17.2 Å². The minimum absolute atomic E-state index is 0.0412. The van der Waals surface area contributed by atoms with Crippen LogP contribution in [-0.2, 0) is 6.54 Å². The number of hydrogen-bond donors (Lipinski definition) is 1. The summed E-state index contributed by atoms with van der Waals surface area (Å²) in [5, 5.41) is 13.9. The molecule has 1 aromatic carbocycles. The summed E-state index contributed by atoms with van der Waals surface area (Å²) in [5.41, 5.74) is 0.866. The highest BCUT2D eigenvalue weighted by Crippen LogP contribution is 2.22. The number of methoxy groups -OCH3 is 1. The average Bonchev–Trinajstić information content (AvgIpc) is 2.38. The predicted molar refractivity (Wildman–Crippen MR) is 69.4 cm³/mol. The van der Waals surface area contributed by atoms with Gasteiger partial charge in [-0.15, -0.1) is 11.8 Å². The number of nitrogens with zero attached hydrogens (tertiary/aromatic N) is 1. The summed E-state index contributed by atoms with van der Waals surface area (Å²) in [7, 11) is 1.49. The topological polar surface area (TPSA) is 64.4 Å². The van der Waals surface area contributed by atoms with Crippen molar-refractivity contribution in [2.45, 2.75) is 19.9 Å². The molecule has 0 aliphatic carbocycles. The third-order valence-electron chi connectivity index (χ3n) is 2.33. The standard InChI is InChI=1S/C13H16N2O3/c1-3-4-5-6-14-10-11-7-12(15(16)17)9-13(8-11)18-2/h7-9,14H,5-6,10H2,1-2H3. The molecule has 1 N–H and O–H groups in total. The van der Waals surface area contributed by atoms with Crippen molar-refractivity contribution in [3.8, 4) is 17.6 Å². The molecule has 0 unspecified atom stereocenters. The zero-order chi connectivity index (χ0) is 13.4. The van der Waals surface area contributed by atoms with E-state index in [-0.39, 0.29) is 5.69 Å². The Morgan fingerprint density at radius 3 is 2.83 bits per heavy atom. The third-order valence-corrected chi connectivity index (χ3v) is 2.33. The molecule has 1 rings (SSSR count). The van der Waals surface area contributed by atoms with Crippen molar-refractivity contribution < 1.29 is 9.66 Å². The first-order chi connectivity index (χ1) is 8.67. The van der Waals surface area contributed by atoms with Crippen LogP contribution in [0, 0.1) is 22.0 Å². The van der Waals surface area contributed by atoms with Gasteiger partial charge in [0.25, 0.3) is 5.69 Å². The van der Waals surface area contributed by atoms with Gasteiger partial charge < -0.3 is 10.1 Å². The van der Waals surface area contributed by atoms with E-state index in [9.17, 15) is 10.1 Å². The average molecular weight is 248 g/mol. The summed E-state index contributed by atoms with van der Waals surface area (Å²) in [5.74, 6) is 6.25. The number of nitro benzene ring substituents is 1. The summed E-state index contributed by atoms with van der Waals surface area (Å²) in [6.07, 6.45) is 0.766. The van der Waals surface area contributed by atoms with Gasteiger partial charge in [-0.3, -0.25) is 10.1 Å². The van der Waals surface area contributed by atoms with Crippen molar-refractivity contribution in [1.82, 2.24) is 5.32 Å². The van der Waals surface area contributed by atoms with Crippen LogP contribution in [0.15, 0.2) is 18.2 Å². The van der Waals surface area contributed by atoms with E-state index >= 15 is 0 Å². The molecule has 0 aliphatic heterocycles. The maximum atomic E-state index is 10.7. The second kappa shape index (κ2) is 7.30. The van der Waals surface area contributed by atoms with Gasteiger partial charge in [0.2, 0.25) is 0 Å². The smallest absolute Gasteiger partial charge is 0.273 e. The number of nitro groups is 1. The van der Waals surface area contributed by atoms with Gasteiger partial charge in [0.15, 0.2) is 0 Å². The molecule has 5 heteroatoms. The monoisotopic (exact) mass is 248 g/mol. The number of benzene rings is 1. The molecule has 0 aliphatic rings. The van der Waals surface area contributed by atoms with Crippen LogP contribution in [0.25, 0.3) is 0 Å². The number of hydrogen-bond acceptors (Lipinski definition) is 4. The molecule has 0 radical (unpaired) electrons. The maximum Gasteiger partial charge on any atom is 0.273 e. The molecule has 0 saturated carbocycles. The molecule has 18 heavy (non-hydrogen) atoms. The molecule has 0 spiro atoms. The summed E-state index contributed by atoms with van der Waals surface area (Å²) >= 11 is 0. The maximum absolute atomic E-state index is 10.7. The molecular weight excluding hydrogens is 232 g/mol. The zero-order valence-electron chi connectivity index (χ0n) is 10.5. The van der Waals surface area contributed by atoms with Crippen LogP contribution in [0.1, 0.15) is 18.9 Å². The lowest BCUT2D eigenvalue weighted by Crippen LogP contribution is -2.14. The number of nitrogens with one attached hydrogen (secondary N) is 1. The van der Waals surface area contributed by atoms with Gasteiger partial charge in [0, 0.05) is 25.6 Å².